The van der Waals surface area contributed by atoms with Crippen LogP contribution in [-0.2, 0) is 11.3 Å². The first kappa shape index (κ1) is 12.2. The van der Waals surface area contributed by atoms with Crippen molar-refractivity contribution >= 4 is 0 Å². The van der Waals surface area contributed by atoms with E-state index in [4.69, 9.17) is 4.74 Å². The number of aromatic nitrogens is 2. The highest BCUT2D eigenvalue weighted by molar-refractivity contribution is 5.04. The van der Waals surface area contributed by atoms with E-state index >= 15 is 0 Å². The minimum atomic E-state index is -0.564. The highest BCUT2D eigenvalue weighted by atomic mass is 16.5. The molecule has 1 unspecified atom stereocenters. The molecule has 0 aromatic carbocycles. The molecule has 0 aliphatic rings. The van der Waals surface area contributed by atoms with E-state index in [0.717, 1.165) is 25.1 Å². The normalized spacial score (nSPS) is 13.0. The molecule has 1 aromatic rings. The van der Waals surface area contributed by atoms with Crippen LogP contribution in [0, 0.1) is 0 Å². The lowest BCUT2D eigenvalue weighted by atomic mass is 10.2. The van der Waals surface area contributed by atoms with Gasteiger partial charge in [-0.3, -0.25) is 4.68 Å². The molecule has 0 amide bonds. The molecule has 0 bridgehead atoms. The molecule has 1 atom stereocenters. The molecule has 4 nitrogen and oxygen atoms in total. The summed E-state index contributed by atoms with van der Waals surface area (Å²) < 4.78 is 7.14. The molecule has 86 valence electrons. The zero-order chi connectivity index (χ0) is 11.1. The van der Waals surface area contributed by atoms with Gasteiger partial charge < -0.3 is 9.84 Å². The Hall–Kier alpha value is -0.870. The van der Waals surface area contributed by atoms with Crippen LogP contribution in [-0.4, -0.2) is 28.1 Å². The van der Waals surface area contributed by atoms with Gasteiger partial charge in [0.15, 0.2) is 0 Å². The summed E-state index contributed by atoms with van der Waals surface area (Å²) in [5, 5.41) is 14.0. The van der Waals surface area contributed by atoms with Crippen molar-refractivity contribution in [1.82, 2.24) is 9.78 Å². The van der Waals surface area contributed by atoms with E-state index in [1.54, 1.807) is 6.20 Å². The van der Waals surface area contributed by atoms with Gasteiger partial charge in [-0.15, -0.1) is 0 Å². The summed E-state index contributed by atoms with van der Waals surface area (Å²) >= 11 is 0. The monoisotopic (exact) mass is 212 g/mol. The third-order valence-electron chi connectivity index (χ3n) is 2.15. The minimum absolute atomic E-state index is 0.350. The van der Waals surface area contributed by atoms with Crippen LogP contribution in [0.1, 0.15) is 38.5 Å². The lowest BCUT2D eigenvalue weighted by molar-refractivity contribution is 0.0318. The summed E-state index contributed by atoms with van der Waals surface area (Å²) in [7, 11) is 0. The van der Waals surface area contributed by atoms with E-state index in [1.807, 2.05) is 17.7 Å². The zero-order valence-corrected chi connectivity index (χ0v) is 9.52. The van der Waals surface area contributed by atoms with Crippen LogP contribution in [0.2, 0.25) is 0 Å². The number of aliphatic hydroxyl groups is 1. The molecule has 15 heavy (non-hydrogen) atoms. The van der Waals surface area contributed by atoms with Crippen LogP contribution in [0.3, 0.4) is 0 Å². The molecule has 1 aromatic heterocycles. The highest BCUT2D eigenvalue weighted by Crippen LogP contribution is 2.13. The summed E-state index contributed by atoms with van der Waals surface area (Å²) in [6.07, 6.45) is 3.14. The molecular weight excluding hydrogens is 192 g/mol. The smallest absolute Gasteiger partial charge is 0.119 e. The van der Waals surface area contributed by atoms with Crippen molar-refractivity contribution in [2.45, 2.75) is 39.3 Å². The Bertz CT molecular complexity index is 273. The Balaban J connectivity index is 2.48. The third kappa shape index (κ3) is 3.64. The number of nitrogens with zero attached hydrogens (tertiary/aromatic N) is 2. The Morgan fingerprint density at radius 1 is 1.47 bits per heavy atom. The molecule has 0 aliphatic carbocycles. The molecule has 0 spiro atoms. The van der Waals surface area contributed by atoms with Gasteiger partial charge in [-0.05, 0) is 18.9 Å². The third-order valence-corrected chi connectivity index (χ3v) is 2.15. The van der Waals surface area contributed by atoms with Crippen LogP contribution in [0.25, 0.3) is 0 Å². The summed E-state index contributed by atoms with van der Waals surface area (Å²) in [6.45, 7) is 6.02. The van der Waals surface area contributed by atoms with E-state index in [-0.39, 0.29) is 0 Å². The van der Waals surface area contributed by atoms with Gasteiger partial charge in [0.25, 0.3) is 0 Å². The number of ether oxygens (including phenoxy) is 1. The van der Waals surface area contributed by atoms with E-state index in [9.17, 15) is 5.11 Å². The van der Waals surface area contributed by atoms with E-state index < -0.39 is 6.10 Å². The Kier molecular flexibility index (Phi) is 5.36. The fourth-order valence-electron chi connectivity index (χ4n) is 1.45. The Morgan fingerprint density at radius 3 is 2.93 bits per heavy atom. The minimum Gasteiger partial charge on any atom is -0.384 e. The van der Waals surface area contributed by atoms with E-state index in [0.29, 0.717) is 13.2 Å². The second-order valence-electron chi connectivity index (χ2n) is 3.57. The number of hydrogen-bond donors (Lipinski definition) is 1. The molecule has 1 N–H and O–H groups in total. The summed E-state index contributed by atoms with van der Waals surface area (Å²) in [6, 6.07) is 1.84. The summed E-state index contributed by atoms with van der Waals surface area (Å²) in [5.74, 6) is 0. The van der Waals surface area contributed by atoms with Gasteiger partial charge in [0.2, 0.25) is 0 Å². The van der Waals surface area contributed by atoms with Crippen molar-refractivity contribution in [3.8, 4) is 0 Å². The summed E-state index contributed by atoms with van der Waals surface area (Å²) in [4.78, 5) is 0. The van der Waals surface area contributed by atoms with Gasteiger partial charge >= 0.3 is 0 Å². The first-order chi connectivity index (χ1) is 7.29. The topological polar surface area (TPSA) is 47.3 Å². The first-order valence-corrected chi connectivity index (χ1v) is 5.57. The quantitative estimate of drug-likeness (QED) is 0.700. The van der Waals surface area contributed by atoms with E-state index in [2.05, 4.69) is 12.0 Å². The van der Waals surface area contributed by atoms with Crippen molar-refractivity contribution < 1.29 is 9.84 Å². The lowest BCUT2D eigenvalue weighted by Crippen LogP contribution is -2.14. The molecule has 0 aliphatic heterocycles. The maximum Gasteiger partial charge on any atom is 0.119 e. The Labute approximate surface area is 90.9 Å². The fraction of sp³-hybridized carbons (Fsp3) is 0.727. The number of aliphatic hydroxyl groups excluding tert-OH is 1. The molecule has 1 rings (SSSR count). The van der Waals surface area contributed by atoms with Crippen LogP contribution in [0.5, 0.6) is 0 Å². The van der Waals surface area contributed by atoms with Crippen LogP contribution in [0.15, 0.2) is 12.3 Å². The number of hydrogen-bond acceptors (Lipinski definition) is 3. The van der Waals surface area contributed by atoms with Crippen molar-refractivity contribution in [3.63, 3.8) is 0 Å². The average molecular weight is 212 g/mol. The van der Waals surface area contributed by atoms with Crippen molar-refractivity contribution in [1.29, 1.82) is 0 Å². The molecule has 0 radical (unpaired) electrons. The van der Waals surface area contributed by atoms with E-state index in [1.165, 1.54) is 0 Å². The van der Waals surface area contributed by atoms with Crippen molar-refractivity contribution in [2.24, 2.45) is 0 Å². The lowest BCUT2D eigenvalue weighted by Gasteiger charge is -2.12. The van der Waals surface area contributed by atoms with Gasteiger partial charge in [-0.2, -0.15) is 5.10 Å². The maximum atomic E-state index is 9.86. The van der Waals surface area contributed by atoms with Gasteiger partial charge in [-0.25, -0.2) is 0 Å². The van der Waals surface area contributed by atoms with Gasteiger partial charge in [0, 0.05) is 19.3 Å². The van der Waals surface area contributed by atoms with Crippen LogP contribution in [0.4, 0.5) is 0 Å². The molecule has 0 saturated heterocycles. The van der Waals surface area contributed by atoms with Crippen LogP contribution < -0.4 is 0 Å². The van der Waals surface area contributed by atoms with Crippen LogP contribution >= 0.6 is 0 Å². The molecule has 0 saturated carbocycles. The van der Waals surface area contributed by atoms with Gasteiger partial charge in [0.05, 0.1) is 12.3 Å². The highest BCUT2D eigenvalue weighted by Gasteiger charge is 2.12. The van der Waals surface area contributed by atoms with Crippen molar-refractivity contribution in [2.75, 3.05) is 13.2 Å². The van der Waals surface area contributed by atoms with Gasteiger partial charge in [-0.1, -0.05) is 13.8 Å². The standard InChI is InChI=1S/C11H20N2O2/c1-3-7-13-10(5-6-12-13)11(14)9-15-8-4-2/h5-6,11,14H,3-4,7-9H2,1-2H3. The molecule has 1 heterocycles. The predicted octanol–water partition coefficient (Wildman–Crippen LogP) is 1.75. The second-order valence-corrected chi connectivity index (χ2v) is 3.57. The molecule has 4 heteroatoms. The average Bonchev–Trinajstić information content (AvgIpc) is 2.67. The maximum absolute atomic E-state index is 9.86. The zero-order valence-electron chi connectivity index (χ0n) is 9.52. The summed E-state index contributed by atoms with van der Waals surface area (Å²) in [5.41, 5.74) is 0.841. The number of aryl methyl sites for hydroxylation is 1. The fourth-order valence-corrected chi connectivity index (χ4v) is 1.45. The molecule has 0 fully saturated rings. The molecular formula is C11H20N2O2. The van der Waals surface area contributed by atoms with Gasteiger partial charge in [0.1, 0.15) is 6.10 Å². The Morgan fingerprint density at radius 2 is 2.27 bits per heavy atom. The second kappa shape index (κ2) is 6.58. The number of rotatable bonds is 7. The first-order valence-electron chi connectivity index (χ1n) is 5.57. The SMILES string of the molecule is CCCOCC(O)c1ccnn1CCC. The predicted molar refractivity (Wildman–Crippen MR) is 58.6 cm³/mol. The largest absolute Gasteiger partial charge is 0.384 e. The van der Waals surface area contributed by atoms with Crippen molar-refractivity contribution in [3.05, 3.63) is 18.0 Å².